The molecule has 18 heavy (non-hydrogen) atoms. The van der Waals surface area contributed by atoms with Crippen LogP contribution in [0.1, 0.15) is 16.7 Å². The molecular formula is C17H14N. The highest BCUT2D eigenvalue weighted by Gasteiger charge is 2.24. The normalized spacial score (nSPS) is 12.8. The third-order valence-corrected chi connectivity index (χ3v) is 4.01. The summed E-state index contributed by atoms with van der Waals surface area (Å²) in [4.78, 5) is 0. The molecule has 2 aromatic carbocycles. The molecule has 1 aliphatic carbocycles. The van der Waals surface area contributed by atoms with Crippen LogP contribution in [0.5, 0.6) is 0 Å². The molecule has 0 unspecified atom stereocenters. The molecule has 0 N–H and O–H groups in total. The van der Waals surface area contributed by atoms with Crippen molar-refractivity contribution in [3.05, 3.63) is 59.2 Å². The molecule has 0 bridgehead atoms. The lowest BCUT2D eigenvalue weighted by Crippen LogP contribution is -1.91. The summed E-state index contributed by atoms with van der Waals surface area (Å²) >= 11 is 0. The third-order valence-electron chi connectivity index (χ3n) is 4.01. The van der Waals surface area contributed by atoms with E-state index in [1.165, 1.54) is 38.9 Å². The number of hydrogen-bond donors (Lipinski definition) is 0. The average molecular weight is 232 g/mol. The first-order valence-electron chi connectivity index (χ1n) is 6.33. The second kappa shape index (κ2) is 3.26. The third kappa shape index (κ3) is 1.11. The van der Waals surface area contributed by atoms with Crippen LogP contribution in [-0.4, -0.2) is 4.57 Å². The topological polar surface area (TPSA) is 4.93 Å². The van der Waals surface area contributed by atoms with Gasteiger partial charge in [-0.3, -0.25) is 0 Å². The lowest BCUT2D eigenvalue weighted by molar-refractivity contribution is 0.978. The van der Waals surface area contributed by atoms with Crippen molar-refractivity contribution >= 4 is 10.9 Å². The van der Waals surface area contributed by atoms with Gasteiger partial charge in [-0.05, 0) is 36.2 Å². The summed E-state index contributed by atoms with van der Waals surface area (Å²) in [6.45, 7) is 2.16. The van der Waals surface area contributed by atoms with Crippen LogP contribution in [0.2, 0.25) is 0 Å². The molecular weight excluding hydrogens is 218 g/mol. The van der Waals surface area contributed by atoms with E-state index in [4.69, 9.17) is 0 Å². The highest BCUT2D eigenvalue weighted by atomic mass is 15.0. The number of hydrogen-bond acceptors (Lipinski definition) is 0. The van der Waals surface area contributed by atoms with Crippen LogP contribution < -0.4 is 0 Å². The molecule has 1 aromatic heterocycles. The van der Waals surface area contributed by atoms with E-state index < -0.39 is 0 Å². The fourth-order valence-corrected chi connectivity index (χ4v) is 3.17. The maximum absolute atomic E-state index is 3.38. The summed E-state index contributed by atoms with van der Waals surface area (Å²) in [5.74, 6) is 0. The summed E-state index contributed by atoms with van der Waals surface area (Å²) in [6, 6.07) is 16.4. The summed E-state index contributed by atoms with van der Waals surface area (Å²) < 4.78 is 2.32. The van der Waals surface area contributed by atoms with Crippen LogP contribution in [0.3, 0.4) is 0 Å². The first-order chi connectivity index (χ1) is 8.75. The second-order valence-electron chi connectivity index (χ2n) is 5.15. The summed E-state index contributed by atoms with van der Waals surface area (Å²) in [7, 11) is 2.17. The number of aromatic nitrogens is 1. The smallest absolute Gasteiger partial charge is 0.0527 e. The van der Waals surface area contributed by atoms with Gasteiger partial charge in [0.05, 0.1) is 5.69 Å². The van der Waals surface area contributed by atoms with E-state index in [0.29, 0.717) is 0 Å². The molecule has 1 nitrogen and oxygen atoms in total. The maximum atomic E-state index is 3.38. The predicted molar refractivity (Wildman–Crippen MR) is 74.7 cm³/mol. The molecule has 1 heterocycles. The van der Waals surface area contributed by atoms with Crippen molar-refractivity contribution in [1.82, 2.24) is 4.57 Å². The Balaban J connectivity index is 2.15. The monoisotopic (exact) mass is 232 g/mol. The van der Waals surface area contributed by atoms with Crippen molar-refractivity contribution in [2.75, 3.05) is 0 Å². The molecule has 0 saturated carbocycles. The Bertz CT molecular complexity index is 778. The SMILES string of the molecule is Cc1ccc2c(c1)c1c(n2C)-c2ccc[c]c2C1. The van der Waals surface area contributed by atoms with Crippen molar-refractivity contribution in [1.29, 1.82) is 0 Å². The fraction of sp³-hybridized carbons (Fsp3) is 0.176. The zero-order chi connectivity index (χ0) is 12.3. The molecule has 0 atom stereocenters. The average Bonchev–Trinajstić information content (AvgIpc) is 2.87. The van der Waals surface area contributed by atoms with Crippen LogP contribution in [0.4, 0.5) is 0 Å². The van der Waals surface area contributed by atoms with Crippen molar-refractivity contribution in [2.24, 2.45) is 7.05 Å². The predicted octanol–water partition coefficient (Wildman–Crippen LogP) is 3.86. The van der Waals surface area contributed by atoms with Gasteiger partial charge in [0.25, 0.3) is 0 Å². The number of fused-ring (bicyclic) bond motifs is 5. The van der Waals surface area contributed by atoms with Crippen LogP contribution in [-0.2, 0) is 13.5 Å². The Morgan fingerprint density at radius 1 is 1.22 bits per heavy atom. The first kappa shape index (κ1) is 9.95. The van der Waals surface area contributed by atoms with Crippen LogP contribution in [0, 0.1) is 13.0 Å². The molecule has 0 aliphatic heterocycles. The number of benzene rings is 2. The Morgan fingerprint density at radius 3 is 3.00 bits per heavy atom. The zero-order valence-corrected chi connectivity index (χ0v) is 10.6. The number of aryl methyl sites for hydroxylation is 2. The van der Waals surface area contributed by atoms with Crippen molar-refractivity contribution < 1.29 is 0 Å². The molecule has 0 saturated heterocycles. The second-order valence-corrected chi connectivity index (χ2v) is 5.15. The molecule has 1 radical (unpaired) electrons. The lowest BCUT2D eigenvalue weighted by Gasteiger charge is -2.04. The minimum atomic E-state index is 1.02. The zero-order valence-electron chi connectivity index (χ0n) is 10.6. The molecule has 3 aromatic rings. The fourth-order valence-electron chi connectivity index (χ4n) is 3.17. The highest BCUT2D eigenvalue weighted by Crippen LogP contribution is 2.41. The van der Waals surface area contributed by atoms with Gasteiger partial charge in [-0.2, -0.15) is 0 Å². The molecule has 1 aliphatic rings. The molecule has 1 heteroatoms. The van der Waals surface area contributed by atoms with Gasteiger partial charge >= 0.3 is 0 Å². The summed E-state index contributed by atoms with van der Waals surface area (Å²) in [6.07, 6.45) is 1.02. The van der Waals surface area contributed by atoms with E-state index in [1.54, 1.807) is 0 Å². The van der Waals surface area contributed by atoms with E-state index in [1.807, 2.05) is 6.07 Å². The number of rotatable bonds is 0. The van der Waals surface area contributed by atoms with Crippen molar-refractivity contribution in [2.45, 2.75) is 13.3 Å². The Labute approximate surface area is 107 Å². The van der Waals surface area contributed by atoms with Gasteiger partial charge in [-0.1, -0.05) is 29.8 Å². The summed E-state index contributed by atoms with van der Waals surface area (Å²) in [5.41, 5.74) is 8.19. The summed E-state index contributed by atoms with van der Waals surface area (Å²) in [5, 5.41) is 1.40. The largest absolute Gasteiger partial charge is 0.343 e. The van der Waals surface area contributed by atoms with Gasteiger partial charge in [0.2, 0.25) is 0 Å². The molecule has 0 spiro atoms. The van der Waals surface area contributed by atoms with Gasteiger partial charge in [-0.15, -0.1) is 0 Å². The van der Waals surface area contributed by atoms with Gasteiger partial charge < -0.3 is 4.57 Å². The van der Waals surface area contributed by atoms with Crippen LogP contribution in [0.25, 0.3) is 22.2 Å². The van der Waals surface area contributed by atoms with E-state index >= 15 is 0 Å². The Morgan fingerprint density at radius 2 is 2.11 bits per heavy atom. The molecule has 0 fully saturated rings. The van der Waals surface area contributed by atoms with E-state index in [2.05, 4.69) is 54.9 Å². The van der Waals surface area contributed by atoms with Gasteiger partial charge in [0.1, 0.15) is 0 Å². The number of nitrogens with zero attached hydrogens (tertiary/aromatic N) is 1. The van der Waals surface area contributed by atoms with E-state index in [0.717, 1.165) is 6.42 Å². The molecule has 0 amide bonds. The van der Waals surface area contributed by atoms with Gasteiger partial charge in [0.15, 0.2) is 0 Å². The standard InChI is InChI=1S/C17H14N/c1-11-7-8-16-14(9-11)15-10-12-5-3-4-6-13(12)17(15)18(16)2/h3-4,6-9H,10H2,1-2H3. The first-order valence-corrected chi connectivity index (χ1v) is 6.33. The Kier molecular flexibility index (Phi) is 1.80. The van der Waals surface area contributed by atoms with Gasteiger partial charge in [-0.25, -0.2) is 0 Å². The Hall–Kier alpha value is -2.02. The quantitative estimate of drug-likeness (QED) is 0.434. The van der Waals surface area contributed by atoms with E-state index in [9.17, 15) is 0 Å². The minimum Gasteiger partial charge on any atom is -0.343 e. The van der Waals surface area contributed by atoms with E-state index in [-0.39, 0.29) is 0 Å². The maximum Gasteiger partial charge on any atom is 0.0527 e. The van der Waals surface area contributed by atoms with Crippen molar-refractivity contribution in [3.63, 3.8) is 0 Å². The molecule has 4 rings (SSSR count). The van der Waals surface area contributed by atoms with Crippen molar-refractivity contribution in [3.8, 4) is 11.3 Å². The molecule has 87 valence electrons. The van der Waals surface area contributed by atoms with Gasteiger partial charge in [0, 0.05) is 29.9 Å². The lowest BCUT2D eigenvalue weighted by atomic mass is 10.1. The highest BCUT2D eigenvalue weighted by molar-refractivity contribution is 5.95. The van der Waals surface area contributed by atoms with Crippen LogP contribution in [0.15, 0.2) is 36.4 Å². The van der Waals surface area contributed by atoms with Crippen LogP contribution >= 0.6 is 0 Å². The minimum absolute atomic E-state index is 1.02.